The van der Waals surface area contributed by atoms with Crippen molar-refractivity contribution in [2.24, 2.45) is 0 Å². The van der Waals surface area contributed by atoms with Gasteiger partial charge in [0.15, 0.2) is 12.4 Å². The molecule has 0 aliphatic heterocycles. The standard InChI is InChI=1S/C23H27NO4/c1-4-5-6-7-22(26)24-20-12-10-18(11-13-20)21(25)15-28-23(27)19-9-8-16(2)17(3)14-19/h8-14H,4-7,15H2,1-3H3,(H,24,26). The van der Waals surface area contributed by atoms with Crippen molar-refractivity contribution in [1.29, 1.82) is 0 Å². The van der Waals surface area contributed by atoms with Crippen LogP contribution in [0.25, 0.3) is 0 Å². The van der Waals surface area contributed by atoms with E-state index in [1.165, 1.54) is 0 Å². The van der Waals surface area contributed by atoms with Gasteiger partial charge in [0.1, 0.15) is 0 Å². The highest BCUT2D eigenvalue weighted by Crippen LogP contribution is 2.13. The monoisotopic (exact) mass is 381 g/mol. The van der Waals surface area contributed by atoms with Crippen molar-refractivity contribution in [3.8, 4) is 0 Å². The van der Waals surface area contributed by atoms with Gasteiger partial charge < -0.3 is 10.1 Å². The van der Waals surface area contributed by atoms with Crippen molar-refractivity contribution < 1.29 is 19.1 Å². The highest BCUT2D eigenvalue weighted by atomic mass is 16.5. The molecule has 0 saturated heterocycles. The van der Waals surface area contributed by atoms with Crippen LogP contribution in [-0.4, -0.2) is 24.3 Å². The zero-order chi connectivity index (χ0) is 20.5. The van der Waals surface area contributed by atoms with Crippen LogP contribution in [0, 0.1) is 13.8 Å². The molecule has 2 aromatic rings. The summed E-state index contributed by atoms with van der Waals surface area (Å²) in [7, 11) is 0. The molecule has 0 spiro atoms. The normalized spacial score (nSPS) is 10.4. The third kappa shape index (κ3) is 6.34. The van der Waals surface area contributed by atoms with Crippen LogP contribution >= 0.6 is 0 Å². The number of ketones is 1. The fourth-order valence-corrected chi connectivity index (χ4v) is 2.66. The van der Waals surface area contributed by atoms with Crippen LogP contribution in [0.2, 0.25) is 0 Å². The number of esters is 1. The van der Waals surface area contributed by atoms with E-state index in [1.807, 2.05) is 19.9 Å². The predicted octanol–water partition coefficient (Wildman–Crippen LogP) is 4.86. The van der Waals surface area contributed by atoms with Crippen molar-refractivity contribution in [2.45, 2.75) is 46.5 Å². The Labute approximate surface area is 166 Å². The number of benzene rings is 2. The smallest absolute Gasteiger partial charge is 0.338 e. The lowest BCUT2D eigenvalue weighted by Gasteiger charge is -2.08. The van der Waals surface area contributed by atoms with Crippen molar-refractivity contribution >= 4 is 23.3 Å². The lowest BCUT2D eigenvalue weighted by Crippen LogP contribution is -2.15. The van der Waals surface area contributed by atoms with Gasteiger partial charge in [0.25, 0.3) is 0 Å². The Morgan fingerprint density at radius 2 is 1.57 bits per heavy atom. The number of anilines is 1. The third-order valence-electron chi connectivity index (χ3n) is 4.57. The van der Waals surface area contributed by atoms with E-state index in [0.29, 0.717) is 23.2 Å². The van der Waals surface area contributed by atoms with Gasteiger partial charge >= 0.3 is 5.97 Å². The zero-order valence-electron chi connectivity index (χ0n) is 16.7. The number of ether oxygens (including phenoxy) is 1. The maximum absolute atomic E-state index is 12.2. The summed E-state index contributed by atoms with van der Waals surface area (Å²) in [6, 6.07) is 11.9. The SMILES string of the molecule is CCCCCC(=O)Nc1ccc(C(=O)COC(=O)c2ccc(C)c(C)c2)cc1. The molecule has 0 aromatic heterocycles. The second-order valence-electron chi connectivity index (χ2n) is 6.88. The summed E-state index contributed by atoms with van der Waals surface area (Å²) >= 11 is 0. The molecule has 1 amide bonds. The molecule has 28 heavy (non-hydrogen) atoms. The molecule has 0 saturated carbocycles. The van der Waals surface area contributed by atoms with Crippen LogP contribution in [0.1, 0.15) is 64.4 Å². The van der Waals surface area contributed by atoms with Gasteiger partial charge in [-0.25, -0.2) is 4.79 Å². The number of amides is 1. The number of hydrogen-bond acceptors (Lipinski definition) is 4. The average molecular weight is 381 g/mol. The lowest BCUT2D eigenvalue weighted by molar-refractivity contribution is -0.116. The van der Waals surface area contributed by atoms with E-state index >= 15 is 0 Å². The van der Waals surface area contributed by atoms with Gasteiger partial charge in [-0.05, 0) is 67.8 Å². The average Bonchev–Trinajstić information content (AvgIpc) is 2.68. The molecule has 0 aliphatic rings. The summed E-state index contributed by atoms with van der Waals surface area (Å²) in [6.45, 7) is 5.65. The van der Waals surface area contributed by atoms with Crippen LogP contribution in [0.15, 0.2) is 42.5 Å². The minimum absolute atomic E-state index is 0.0325. The molecule has 5 heteroatoms. The van der Waals surface area contributed by atoms with Gasteiger partial charge in [0.05, 0.1) is 5.56 Å². The molecule has 0 aliphatic carbocycles. The van der Waals surface area contributed by atoms with Crippen LogP contribution in [0.3, 0.4) is 0 Å². The Morgan fingerprint density at radius 3 is 2.21 bits per heavy atom. The molecule has 0 atom stereocenters. The number of aryl methyl sites for hydroxylation is 2. The lowest BCUT2D eigenvalue weighted by atomic mass is 10.1. The third-order valence-corrected chi connectivity index (χ3v) is 4.57. The molecule has 0 heterocycles. The van der Waals surface area contributed by atoms with Crippen molar-refractivity contribution in [3.05, 3.63) is 64.7 Å². The van der Waals surface area contributed by atoms with Gasteiger partial charge in [-0.15, -0.1) is 0 Å². The van der Waals surface area contributed by atoms with E-state index in [0.717, 1.165) is 30.4 Å². The number of nitrogens with one attached hydrogen (secondary N) is 1. The van der Waals surface area contributed by atoms with Gasteiger partial charge in [-0.3, -0.25) is 9.59 Å². The first-order chi connectivity index (χ1) is 13.4. The van der Waals surface area contributed by atoms with Crippen molar-refractivity contribution in [3.63, 3.8) is 0 Å². The fourth-order valence-electron chi connectivity index (χ4n) is 2.66. The van der Waals surface area contributed by atoms with E-state index in [-0.39, 0.29) is 18.3 Å². The van der Waals surface area contributed by atoms with Gasteiger partial charge in [-0.2, -0.15) is 0 Å². The first-order valence-electron chi connectivity index (χ1n) is 9.58. The maximum atomic E-state index is 12.2. The molecular weight excluding hydrogens is 354 g/mol. The summed E-state index contributed by atoms with van der Waals surface area (Å²) in [6.07, 6.45) is 3.45. The molecular formula is C23H27NO4. The molecule has 0 unspecified atom stereocenters. The van der Waals surface area contributed by atoms with E-state index < -0.39 is 5.97 Å². The topological polar surface area (TPSA) is 72.5 Å². The molecule has 0 bridgehead atoms. The Bertz CT molecular complexity index is 840. The highest BCUT2D eigenvalue weighted by Gasteiger charge is 2.13. The fraction of sp³-hybridized carbons (Fsp3) is 0.348. The number of carbonyl (C=O) groups is 3. The molecule has 0 radical (unpaired) electrons. The summed E-state index contributed by atoms with van der Waals surface area (Å²) in [4.78, 5) is 36.2. The summed E-state index contributed by atoms with van der Waals surface area (Å²) in [5.74, 6) is -0.847. The Hall–Kier alpha value is -2.95. The van der Waals surface area contributed by atoms with Crippen molar-refractivity contribution in [2.75, 3.05) is 11.9 Å². The minimum atomic E-state index is -0.521. The molecule has 5 nitrogen and oxygen atoms in total. The maximum Gasteiger partial charge on any atom is 0.338 e. The minimum Gasteiger partial charge on any atom is -0.454 e. The molecule has 2 aromatic carbocycles. The van der Waals surface area contributed by atoms with E-state index in [1.54, 1.807) is 36.4 Å². The first-order valence-corrected chi connectivity index (χ1v) is 9.58. The summed E-state index contributed by atoms with van der Waals surface area (Å²) in [5.41, 5.74) is 3.58. The number of hydrogen-bond donors (Lipinski definition) is 1. The second-order valence-corrected chi connectivity index (χ2v) is 6.88. The molecule has 0 fully saturated rings. The summed E-state index contributed by atoms with van der Waals surface area (Å²) in [5, 5.41) is 2.81. The second kappa shape index (κ2) is 10.4. The van der Waals surface area contributed by atoms with E-state index in [9.17, 15) is 14.4 Å². The van der Waals surface area contributed by atoms with Crippen molar-refractivity contribution in [1.82, 2.24) is 0 Å². The van der Waals surface area contributed by atoms with Gasteiger partial charge in [-0.1, -0.05) is 25.8 Å². The number of Topliss-reactive ketones (excluding diaryl/α,β-unsaturated/α-hetero) is 1. The number of rotatable bonds is 9. The van der Waals surface area contributed by atoms with E-state index in [2.05, 4.69) is 12.2 Å². The molecule has 148 valence electrons. The largest absolute Gasteiger partial charge is 0.454 e. The first kappa shape index (κ1) is 21.4. The van der Waals surface area contributed by atoms with Gasteiger partial charge in [0, 0.05) is 17.7 Å². The van der Waals surface area contributed by atoms with Crippen LogP contribution in [-0.2, 0) is 9.53 Å². The van der Waals surface area contributed by atoms with Crippen LogP contribution in [0.4, 0.5) is 5.69 Å². The predicted molar refractivity (Wildman–Crippen MR) is 110 cm³/mol. The van der Waals surface area contributed by atoms with Crippen LogP contribution < -0.4 is 5.32 Å². The quantitative estimate of drug-likeness (QED) is 0.382. The Balaban J connectivity index is 1.86. The molecule has 1 N–H and O–H groups in total. The number of unbranched alkanes of at least 4 members (excludes halogenated alkanes) is 2. The van der Waals surface area contributed by atoms with Crippen LogP contribution in [0.5, 0.6) is 0 Å². The number of carbonyl (C=O) groups excluding carboxylic acids is 3. The Kier molecular flexibility index (Phi) is 7.93. The Morgan fingerprint density at radius 1 is 0.893 bits per heavy atom. The van der Waals surface area contributed by atoms with Gasteiger partial charge in [0.2, 0.25) is 5.91 Å². The highest BCUT2D eigenvalue weighted by molar-refractivity contribution is 6.00. The molecule has 2 rings (SSSR count). The summed E-state index contributed by atoms with van der Waals surface area (Å²) < 4.78 is 5.13. The van der Waals surface area contributed by atoms with E-state index in [4.69, 9.17) is 4.74 Å². The zero-order valence-corrected chi connectivity index (χ0v) is 16.7.